The fraction of sp³-hybridized carbons (Fsp3) is 0.0645. The summed E-state index contributed by atoms with van der Waals surface area (Å²) in [5.41, 5.74) is 20.0. The maximum absolute atomic E-state index is 2.51. The summed E-state index contributed by atoms with van der Waals surface area (Å²) in [7, 11) is 0. The van der Waals surface area contributed by atoms with Gasteiger partial charge in [0.15, 0.2) is 0 Å². The van der Waals surface area contributed by atoms with E-state index in [4.69, 9.17) is 0 Å². The van der Waals surface area contributed by atoms with Crippen molar-refractivity contribution in [3.8, 4) is 44.5 Å². The molecule has 1 aliphatic rings. The first-order chi connectivity index (χ1) is 31.1. The van der Waals surface area contributed by atoms with Crippen molar-refractivity contribution in [2.75, 3.05) is 4.90 Å². The monoisotopic (exact) mass is 807 g/mol. The number of para-hydroxylation sites is 1. The largest absolute Gasteiger partial charge is 0.314 e. The van der Waals surface area contributed by atoms with Crippen molar-refractivity contribution >= 4 is 16.9 Å². The number of allylic oxidation sites excluding steroid dienone is 4. The molecule has 1 aliphatic carbocycles. The van der Waals surface area contributed by atoms with E-state index in [1.165, 1.54) is 83.6 Å². The predicted octanol–water partition coefficient (Wildman–Crippen LogP) is 16.6. The normalized spacial score (nSPS) is 13.0. The minimum absolute atomic E-state index is 0.637. The van der Waals surface area contributed by atoms with Crippen molar-refractivity contribution in [1.29, 1.82) is 0 Å². The van der Waals surface area contributed by atoms with Gasteiger partial charge in [0, 0.05) is 16.9 Å². The van der Waals surface area contributed by atoms with E-state index < -0.39 is 5.41 Å². The number of anilines is 2. The number of nitrogens with zero attached hydrogens (tertiary/aromatic N) is 1. The van der Waals surface area contributed by atoms with Crippen LogP contribution in [0.4, 0.5) is 11.4 Å². The van der Waals surface area contributed by atoms with Gasteiger partial charge in [-0.25, -0.2) is 0 Å². The van der Waals surface area contributed by atoms with Gasteiger partial charge >= 0.3 is 0 Å². The quantitative estimate of drug-likeness (QED) is 0.118. The molecular weight excluding hydrogens is 759 g/mol. The third-order valence-electron chi connectivity index (χ3n) is 12.7. The lowest BCUT2D eigenvalue weighted by atomic mass is 9.67. The molecule has 10 rings (SSSR count). The van der Waals surface area contributed by atoms with Gasteiger partial charge in [-0.05, 0) is 122 Å². The molecule has 0 saturated heterocycles. The second-order valence-electron chi connectivity index (χ2n) is 16.4. The molecule has 0 spiro atoms. The van der Waals surface area contributed by atoms with E-state index in [2.05, 4.69) is 267 Å². The molecule has 0 radical (unpaired) electrons. The van der Waals surface area contributed by atoms with Crippen LogP contribution in [-0.2, 0) is 5.41 Å². The molecule has 9 aromatic carbocycles. The molecule has 0 aromatic heterocycles. The van der Waals surface area contributed by atoms with Gasteiger partial charge in [0.2, 0.25) is 0 Å². The maximum atomic E-state index is 2.51. The lowest BCUT2D eigenvalue weighted by Gasteiger charge is -2.36. The summed E-state index contributed by atoms with van der Waals surface area (Å²) in [6, 6.07) is 86.7. The van der Waals surface area contributed by atoms with Crippen molar-refractivity contribution in [3.63, 3.8) is 0 Å². The van der Waals surface area contributed by atoms with E-state index in [1.54, 1.807) is 0 Å². The summed E-state index contributed by atoms with van der Waals surface area (Å²) in [6.07, 6.45) is 5.43. The number of benzene rings is 9. The van der Waals surface area contributed by atoms with Crippen LogP contribution in [0.25, 0.3) is 50.1 Å². The Morgan fingerprint density at radius 2 is 0.905 bits per heavy atom. The highest BCUT2D eigenvalue weighted by atomic mass is 15.2. The van der Waals surface area contributed by atoms with E-state index in [0.717, 1.165) is 17.8 Å². The molecule has 0 saturated carbocycles. The van der Waals surface area contributed by atoms with Crippen LogP contribution in [-0.4, -0.2) is 0 Å². The van der Waals surface area contributed by atoms with Crippen LogP contribution in [0.15, 0.2) is 254 Å². The molecule has 0 unspecified atom stereocenters. The molecule has 0 amide bonds. The summed E-state index contributed by atoms with van der Waals surface area (Å²) in [5, 5.41) is 0. The molecule has 0 atom stereocenters. The van der Waals surface area contributed by atoms with Gasteiger partial charge in [0.05, 0.1) is 11.1 Å². The summed E-state index contributed by atoms with van der Waals surface area (Å²) < 4.78 is 0. The van der Waals surface area contributed by atoms with Crippen LogP contribution < -0.4 is 4.90 Å². The number of rotatable bonds is 11. The lowest BCUT2D eigenvalue weighted by molar-refractivity contribution is 0.769. The molecular formula is C62H49N. The van der Waals surface area contributed by atoms with Crippen molar-refractivity contribution in [3.05, 3.63) is 282 Å². The van der Waals surface area contributed by atoms with Crippen molar-refractivity contribution in [1.82, 2.24) is 0 Å². The van der Waals surface area contributed by atoms with Crippen LogP contribution in [0.5, 0.6) is 0 Å². The van der Waals surface area contributed by atoms with Crippen molar-refractivity contribution in [2.45, 2.75) is 25.7 Å². The van der Waals surface area contributed by atoms with Gasteiger partial charge in [0.25, 0.3) is 0 Å². The molecule has 0 bridgehead atoms. The van der Waals surface area contributed by atoms with Crippen LogP contribution in [0.3, 0.4) is 0 Å². The van der Waals surface area contributed by atoms with E-state index in [-0.39, 0.29) is 0 Å². The zero-order valence-corrected chi connectivity index (χ0v) is 35.8. The summed E-state index contributed by atoms with van der Waals surface area (Å²) in [6.45, 7) is 4.47. The van der Waals surface area contributed by atoms with Crippen molar-refractivity contribution in [2.24, 2.45) is 0 Å². The van der Waals surface area contributed by atoms with Crippen molar-refractivity contribution < 1.29 is 0 Å². The minimum atomic E-state index is -0.637. The number of hydrogen-bond donors (Lipinski definition) is 0. The molecule has 0 N–H and O–H groups in total. The topological polar surface area (TPSA) is 3.24 Å². The number of hydrogen-bond acceptors (Lipinski definition) is 1. The maximum Gasteiger partial charge on any atom is 0.0714 e. The lowest BCUT2D eigenvalue weighted by Crippen LogP contribution is -2.29. The highest BCUT2D eigenvalue weighted by Gasteiger charge is 2.46. The van der Waals surface area contributed by atoms with Gasteiger partial charge in [-0.15, -0.1) is 0 Å². The molecule has 1 heteroatoms. The van der Waals surface area contributed by atoms with Gasteiger partial charge < -0.3 is 4.90 Å². The summed E-state index contributed by atoms with van der Waals surface area (Å²) >= 11 is 0. The average molecular weight is 808 g/mol. The Hall–Kier alpha value is -7.74. The first-order valence-electron chi connectivity index (χ1n) is 22.1. The van der Waals surface area contributed by atoms with Crippen LogP contribution >= 0.6 is 0 Å². The Labute approximate surface area is 372 Å². The fourth-order valence-electron chi connectivity index (χ4n) is 9.68. The number of fused-ring (bicyclic) bond motifs is 3. The summed E-state index contributed by atoms with van der Waals surface area (Å²) in [5.74, 6) is 0. The van der Waals surface area contributed by atoms with Gasteiger partial charge in [-0.3, -0.25) is 0 Å². The average Bonchev–Trinajstić information content (AvgIpc) is 3.66. The molecule has 0 heterocycles. The third-order valence-corrected chi connectivity index (χ3v) is 12.7. The highest BCUT2D eigenvalue weighted by molar-refractivity contribution is 5.91. The highest BCUT2D eigenvalue weighted by Crippen LogP contribution is 2.58. The van der Waals surface area contributed by atoms with E-state index in [9.17, 15) is 0 Å². The zero-order valence-electron chi connectivity index (χ0n) is 35.8. The predicted molar refractivity (Wildman–Crippen MR) is 267 cm³/mol. The van der Waals surface area contributed by atoms with Gasteiger partial charge in [-0.2, -0.15) is 0 Å². The molecule has 63 heavy (non-hydrogen) atoms. The van der Waals surface area contributed by atoms with Gasteiger partial charge in [-0.1, -0.05) is 219 Å². The SMILES string of the molecule is CC/C(=C\C=C(/C)c1ccccc1)N(c1ccc2c(c1)C(c1cccc(-c3ccccc3)c1)(c1cccc(-c3ccccc3)c1)c1ccccc1-2)c1ccccc1-c1ccccc1. The van der Waals surface area contributed by atoms with E-state index >= 15 is 0 Å². The Bertz CT molecular complexity index is 3000. The Kier molecular flexibility index (Phi) is 10.8. The van der Waals surface area contributed by atoms with E-state index in [0.29, 0.717) is 0 Å². The van der Waals surface area contributed by atoms with Gasteiger partial charge in [0.1, 0.15) is 0 Å². The zero-order chi connectivity index (χ0) is 42.6. The second-order valence-corrected chi connectivity index (χ2v) is 16.4. The first-order valence-corrected chi connectivity index (χ1v) is 22.1. The van der Waals surface area contributed by atoms with E-state index in [1.807, 2.05) is 0 Å². The van der Waals surface area contributed by atoms with Crippen LogP contribution in [0.2, 0.25) is 0 Å². The first kappa shape index (κ1) is 39.4. The fourth-order valence-corrected chi connectivity index (χ4v) is 9.68. The smallest absolute Gasteiger partial charge is 0.0714 e. The molecule has 9 aromatic rings. The van der Waals surface area contributed by atoms with Crippen LogP contribution in [0, 0.1) is 0 Å². The molecule has 302 valence electrons. The molecule has 1 nitrogen and oxygen atoms in total. The standard InChI is InChI=1S/C62H49N/c1-3-54(39-38-45(2)46-22-8-4-9-23-46)63(61-37-19-17-34-56(61)49-28-14-7-15-29-49)55-40-41-58-57-35-16-18-36-59(57)62(60(58)44-55,52-32-20-30-50(42-52)47-24-10-5-11-25-47)53-33-21-31-51(43-53)48-26-12-6-13-27-48/h4-44H,3H2,1-2H3/b45-38+,54-39+. The molecule has 0 fully saturated rings. The minimum Gasteiger partial charge on any atom is -0.314 e. The molecule has 0 aliphatic heterocycles. The Balaban J connectivity index is 1.26. The Morgan fingerprint density at radius 3 is 1.51 bits per heavy atom. The second kappa shape index (κ2) is 17.3. The third kappa shape index (κ3) is 7.32. The Morgan fingerprint density at radius 1 is 0.413 bits per heavy atom. The summed E-state index contributed by atoms with van der Waals surface area (Å²) in [4.78, 5) is 2.51. The van der Waals surface area contributed by atoms with Crippen LogP contribution in [0.1, 0.15) is 48.1 Å².